The first-order chi connectivity index (χ1) is 12.0. The first-order valence-corrected chi connectivity index (χ1v) is 7.97. The standard InChI is InChI=1S/C19H20FN3O2/c1-13-15-6-4-5-7-16(15)19(24)23(21-13)12-22(2)11-14-8-9-18(25-3)17(20)10-14/h4-10H,11-12H2,1-3H3. The number of ether oxygens (including phenoxy) is 1. The maximum absolute atomic E-state index is 13.8. The van der Waals surface area contributed by atoms with Crippen LogP contribution in [0.3, 0.4) is 0 Å². The van der Waals surface area contributed by atoms with Crippen LogP contribution in [0, 0.1) is 12.7 Å². The van der Waals surface area contributed by atoms with E-state index in [1.165, 1.54) is 17.9 Å². The second-order valence-electron chi connectivity index (χ2n) is 6.06. The van der Waals surface area contributed by atoms with E-state index in [4.69, 9.17) is 4.74 Å². The van der Waals surface area contributed by atoms with Crippen LogP contribution in [0.1, 0.15) is 11.3 Å². The largest absolute Gasteiger partial charge is 0.494 e. The second-order valence-corrected chi connectivity index (χ2v) is 6.06. The molecular weight excluding hydrogens is 321 g/mol. The van der Waals surface area contributed by atoms with Crippen LogP contribution in [0.2, 0.25) is 0 Å². The van der Waals surface area contributed by atoms with E-state index >= 15 is 0 Å². The summed E-state index contributed by atoms with van der Waals surface area (Å²) in [5.74, 6) is -0.181. The fourth-order valence-electron chi connectivity index (χ4n) is 2.90. The number of hydrogen-bond donors (Lipinski definition) is 0. The van der Waals surface area contributed by atoms with E-state index in [2.05, 4.69) is 5.10 Å². The average molecular weight is 341 g/mol. The van der Waals surface area contributed by atoms with Crippen LogP contribution in [-0.2, 0) is 13.2 Å². The van der Waals surface area contributed by atoms with Crippen LogP contribution in [-0.4, -0.2) is 28.8 Å². The van der Waals surface area contributed by atoms with Gasteiger partial charge < -0.3 is 4.74 Å². The molecule has 6 heteroatoms. The van der Waals surface area contributed by atoms with Crippen molar-refractivity contribution in [3.8, 4) is 5.75 Å². The van der Waals surface area contributed by atoms with Crippen LogP contribution >= 0.6 is 0 Å². The molecule has 0 unspecified atom stereocenters. The summed E-state index contributed by atoms with van der Waals surface area (Å²) in [4.78, 5) is 14.5. The van der Waals surface area contributed by atoms with Crippen LogP contribution in [0.25, 0.3) is 10.8 Å². The molecule has 0 amide bonds. The number of aromatic nitrogens is 2. The molecule has 3 rings (SSSR count). The van der Waals surface area contributed by atoms with Crippen molar-refractivity contribution in [3.63, 3.8) is 0 Å². The maximum atomic E-state index is 13.8. The highest BCUT2D eigenvalue weighted by Crippen LogP contribution is 2.18. The first-order valence-electron chi connectivity index (χ1n) is 7.97. The Morgan fingerprint density at radius 3 is 2.60 bits per heavy atom. The van der Waals surface area contributed by atoms with E-state index in [-0.39, 0.29) is 11.3 Å². The smallest absolute Gasteiger partial charge is 0.275 e. The third kappa shape index (κ3) is 3.53. The highest BCUT2D eigenvalue weighted by atomic mass is 19.1. The van der Waals surface area contributed by atoms with Crippen LogP contribution in [0.4, 0.5) is 4.39 Å². The molecule has 0 saturated heterocycles. The highest BCUT2D eigenvalue weighted by molar-refractivity contribution is 5.83. The van der Waals surface area contributed by atoms with Gasteiger partial charge in [0.25, 0.3) is 5.56 Å². The normalized spacial score (nSPS) is 11.2. The number of halogens is 1. The molecule has 25 heavy (non-hydrogen) atoms. The van der Waals surface area contributed by atoms with Gasteiger partial charge >= 0.3 is 0 Å². The van der Waals surface area contributed by atoms with Gasteiger partial charge in [0, 0.05) is 11.9 Å². The maximum Gasteiger partial charge on any atom is 0.275 e. The Bertz CT molecular complexity index is 969. The van der Waals surface area contributed by atoms with Gasteiger partial charge in [-0.2, -0.15) is 5.10 Å². The van der Waals surface area contributed by atoms with Crippen molar-refractivity contribution in [2.24, 2.45) is 0 Å². The fraction of sp³-hybridized carbons (Fsp3) is 0.263. The van der Waals surface area contributed by atoms with Crippen LogP contribution in [0.15, 0.2) is 47.3 Å². The SMILES string of the molecule is COc1ccc(CN(C)Cn2nc(C)c3ccccc3c2=O)cc1F. The van der Waals surface area contributed by atoms with Crippen LogP contribution in [0.5, 0.6) is 5.75 Å². The van der Waals surface area contributed by atoms with E-state index in [0.29, 0.717) is 18.6 Å². The molecule has 0 aliphatic carbocycles. The Balaban J connectivity index is 1.82. The molecule has 0 atom stereocenters. The summed E-state index contributed by atoms with van der Waals surface area (Å²) in [6.07, 6.45) is 0. The summed E-state index contributed by atoms with van der Waals surface area (Å²) in [6.45, 7) is 2.69. The lowest BCUT2D eigenvalue weighted by Gasteiger charge is -2.18. The van der Waals surface area contributed by atoms with Gasteiger partial charge in [0.05, 0.1) is 24.9 Å². The molecule has 0 saturated carbocycles. The van der Waals surface area contributed by atoms with E-state index in [1.54, 1.807) is 12.1 Å². The Morgan fingerprint density at radius 1 is 1.20 bits per heavy atom. The summed E-state index contributed by atoms with van der Waals surface area (Å²) < 4.78 is 20.2. The molecule has 0 aliphatic rings. The third-order valence-corrected chi connectivity index (χ3v) is 4.10. The highest BCUT2D eigenvalue weighted by Gasteiger charge is 2.10. The number of benzene rings is 2. The van der Waals surface area contributed by atoms with Gasteiger partial charge in [-0.05, 0) is 37.7 Å². The molecule has 5 nitrogen and oxygen atoms in total. The minimum Gasteiger partial charge on any atom is -0.494 e. The van der Waals surface area contributed by atoms with Crippen molar-refractivity contribution in [2.45, 2.75) is 20.1 Å². The third-order valence-electron chi connectivity index (χ3n) is 4.10. The average Bonchev–Trinajstić information content (AvgIpc) is 2.59. The molecular formula is C19H20FN3O2. The number of nitrogens with zero attached hydrogens (tertiary/aromatic N) is 3. The number of hydrogen-bond acceptors (Lipinski definition) is 4. The van der Waals surface area contributed by atoms with E-state index in [0.717, 1.165) is 16.6 Å². The molecule has 0 bridgehead atoms. The monoisotopic (exact) mass is 341 g/mol. The molecule has 0 radical (unpaired) electrons. The van der Waals surface area contributed by atoms with Gasteiger partial charge in [0.15, 0.2) is 11.6 Å². The van der Waals surface area contributed by atoms with E-state index in [9.17, 15) is 9.18 Å². The number of methoxy groups -OCH3 is 1. The molecule has 2 aromatic carbocycles. The molecule has 0 N–H and O–H groups in total. The molecule has 3 aromatic rings. The van der Waals surface area contributed by atoms with Gasteiger partial charge in [-0.25, -0.2) is 9.07 Å². The Kier molecular flexibility index (Phi) is 4.81. The zero-order chi connectivity index (χ0) is 18.0. The van der Waals surface area contributed by atoms with Crippen molar-refractivity contribution < 1.29 is 9.13 Å². The van der Waals surface area contributed by atoms with Gasteiger partial charge in [-0.1, -0.05) is 24.3 Å². The van der Waals surface area contributed by atoms with Gasteiger partial charge in [0.2, 0.25) is 0 Å². The number of aryl methyl sites for hydroxylation is 1. The topological polar surface area (TPSA) is 47.4 Å². The summed E-state index contributed by atoms with van der Waals surface area (Å²) in [6, 6.07) is 12.3. The lowest BCUT2D eigenvalue weighted by atomic mass is 10.1. The lowest BCUT2D eigenvalue weighted by Crippen LogP contribution is -2.32. The predicted molar refractivity (Wildman–Crippen MR) is 95.2 cm³/mol. The molecule has 0 spiro atoms. The minimum atomic E-state index is -0.398. The number of fused-ring (bicyclic) bond motifs is 1. The molecule has 0 fully saturated rings. The zero-order valence-corrected chi connectivity index (χ0v) is 14.5. The Labute approximate surface area is 145 Å². The quantitative estimate of drug-likeness (QED) is 0.716. The van der Waals surface area contributed by atoms with Crippen molar-refractivity contribution in [1.82, 2.24) is 14.7 Å². The van der Waals surface area contributed by atoms with E-state index in [1.807, 2.05) is 43.1 Å². The Hall–Kier alpha value is -2.73. The summed E-state index contributed by atoms with van der Waals surface area (Å²) in [5, 5.41) is 5.91. The predicted octanol–water partition coefficient (Wildman–Crippen LogP) is 2.94. The second kappa shape index (κ2) is 7.03. The first kappa shape index (κ1) is 17.1. The van der Waals surface area contributed by atoms with Crippen molar-refractivity contribution in [2.75, 3.05) is 14.2 Å². The van der Waals surface area contributed by atoms with Crippen molar-refractivity contribution in [1.29, 1.82) is 0 Å². The van der Waals surface area contributed by atoms with E-state index < -0.39 is 5.82 Å². The van der Waals surface area contributed by atoms with Gasteiger partial charge in [0.1, 0.15) is 0 Å². The Morgan fingerprint density at radius 2 is 1.92 bits per heavy atom. The summed E-state index contributed by atoms with van der Waals surface area (Å²) >= 11 is 0. The lowest BCUT2D eigenvalue weighted by molar-refractivity contribution is 0.240. The zero-order valence-electron chi connectivity index (χ0n) is 14.5. The molecule has 0 aliphatic heterocycles. The van der Waals surface area contributed by atoms with Crippen molar-refractivity contribution >= 4 is 10.8 Å². The van der Waals surface area contributed by atoms with Gasteiger partial charge in [-0.3, -0.25) is 9.69 Å². The summed E-state index contributed by atoms with van der Waals surface area (Å²) in [7, 11) is 3.30. The fourth-order valence-corrected chi connectivity index (χ4v) is 2.90. The summed E-state index contributed by atoms with van der Waals surface area (Å²) in [5.41, 5.74) is 1.47. The molecule has 130 valence electrons. The molecule has 1 heterocycles. The minimum absolute atomic E-state index is 0.131. The number of rotatable bonds is 5. The van der Waals surface area contributed by atoms with Gasteiger partial charge in [-0.15, -0.1) is 0 Å². The van der Waals surface area contributed by atoms with Crippen molar-refractivity contribution in [3.05, 3.63) is 69.9 Å². The molecule has 1 aromatic heterocycles. The van der Waals surface area contributed by atoms with Crippen LogP contribution < -0.4 is 10.3 Å².